The van der Waals surface area contributed by atoms with E-state index in [1.807, 2.05) is 4.90 Å². The van der Waals surface area contributed by atoms with E-state index in [9.17, 15) is 22.8 Å². The summed E-state index contributed by atoms with van der Waals surface area (Å²) in [5.74, 6) is 0. The van der Waals surface area contributed by atoms with Gasteiger partial charge in [0.1, 0.15) is 5.69 Å². The Bertz CT molecular complexity index is 1180. The van der Waals surface area contributed by atoms with Gasteiger partial charge in [-0.1, -0.05) is 30.3 Å². The van der Waals surface area contributed by atoms with Gasteiger partial charge in [0.15, 0.2) is 0 Å². The van der Waals surface area contributed by atoms with E-state index in [2.05, 4.69) is 4.98 Å². The summed E-state index contributed by atoms with van der Waals surface area (Å²) in [7, 11) is 0. The van der Waals surface area contributed by atoms with E-state index in [1.54, 1.807) is 24.3 Å². The third-order valence-electron chi connectivity index (χ3n) is 5.26. The van der Waals surface area contributed by atoms with Crippen LogP contribution in [0.3, 0.4) is 0 Å². The van der Waals surface area contributed by atoms with Crippen LogP contribution in [0.5, 0.6) is 0 Å². The van der Waals surface area contributed by atoms with Crippen molar-refractivity contribution in [3.05, 3.63) is 74.7 Å². The highest BCUT2D eigenvalue weighted by Gasteiger charge is 2.31. The van der Waals surface area contributed by atoms with Gasteiger partial charge < -0.3 is 9.88 Å². The summed E-state index contributed by atoms with van der Waals surface area (Å²) >= 11 is 0. The Hall–Kier alpha value is -3.09. The lowest BCUT2D eigenvalue weighted by atomic mass is 10.0. The van der Waals surface area contributed by atoms with Crippen molar-refractivity contribution in [3.63, 3.8) is 0 Å². The van der Waals surface area contributed by atoms with E-state index in [0.29, 0.717) is 13.1 Å². The number of rotatable bonds is 2. The molecule has 0 atom stereocenters. The lowest BCUT2D eigenvalue weighted by Gasteiger charge is -2.29. The maximum Gasteiger partial charge on any atom is 0.416 e. The van der Waals surface area contributed by atoms with Crippen molar-refractivity contribution < 1.29 is 13.2 Å². The minimum absolute atomic E-state index is 0.129. The number of nitrogens with one attached hydrogen (secondary N) is 1. The molecular formula is C22H19F3N2O2. The molecule has 1 fully saturated rings. The second-order valence-corrected chi connectivity index (χ2v) is 7.18. The van der Waals surface area contributed by atoms with Crippen molar-refractivity contribution in [1.29, 1.82) is 0 Å². The quantitative estimate of drug-likeness (QED) is 0.686. The summed E-state index contributed by atoms with van der Waals surface area (Å²) in [4.78, 5) is 30.8. The summed E-state index contributed by atoms with van der Waals surface area (Å²) in [6, 6.07) is 11.2. The second-order valence-electron chi connectivity index (χ2n) is 7.18. The summed E-state index contributed by atoms with van der Waals surface area (Å²) in [6.07, 6.45) is -1.74. The molecule has 0 radical (unpaired) electrons. The molecule has 3 aromatic rings. The molecule has 0 spiro atoms. The van der Waals surface area contributed by atoms with Crippen molar-refractivity contribution in [1.82, 2.24) is 4.98 Å². The van der Waals surface area contributed by atoms with E-state index in [-0.39, 0.29) is 33.1 Å². The van der Waals surface area contributed by atoms with Crippen LogP contribution in [0.15, 0.2) is 58.1 Å². The Balaban J connectivity index is 2.08. The number of alkyl halides is 3. The fraction of sp³-hybridized carbons (Fsp3) is 0.273. The van der Waals surface area contributed by atoms with Crippen LogP contribution < -0.4 is 15.9 Å². The van der Waals surface area contributed by atoms with Crippen LogP contribution in [0.25, 0.3) is 22.0 Å². The van der Waals surface area contributed by atoms with Crippen molar-refractivity contribution >= 4 is 16.5 Å². The maximum absolute atomic E-state index is 13.4. The highest BCUT2D eigenvalue weighted by Crippen LogP contribution is 2.34. The molecule has 1 aromatic heterocycles. The largest absolute Gasteiger partial charge is 0.416 e. The number of aromatic amines is 1. The Kier molecular flexibility index (Phi) is 4.90. The molecule has 1 aliphatic rings. The third-order valence-corrected chi connectivity index (χ3v) is 5.26. The standard InChI is InChI=1S/C22H19F3N2O2/c23-22(24,25)15-8-6-7-14(13-15)18-19(27-11-4-1-5-12-27)20(28)16-9-2-3-10-17(16)21(29)26-18/h2-3,6-10,13H,1,4-5,11-12H2,(H,26,29). The summed E-state index contributed by atoms with van der Waals surface area (Å²) in [5, 5.41) is 0.474. The Labute approximate surface area is 164 Å². The van der Waals surface area contributed by atoms with Gasteiger partial charge >= 0.3 is 6.18 Å². The van der Waals surface area contributed by atoms with Crippen LogP contribution in [0.4, 0.5) is 18.9 Å². The van der Waals surface area contributed by atoms with Crippen molar-refractivity contribution in [3.8, 4) is 11.3 Å². The molecule has 150 valence electrons. The Morgan fingerprint density at radius 3 is 2.24 bits per heavy atom. The topological polar surface area (TPSA) is 53.2 Å². The zero-order chi connectivity index (χ0) is 20.6. The highest BCUT2D eigenvalue weighted by molar-refractivity contribution is 5.87. The normalized spacial score (nSPS) is 14.9. The minimum atomic E-state index is -4.52. The first-order chi connectivity index (χ1) is 13.9. The van der Waals surface area contributed by atoms with Gasteiger partial charge in [-0.3, -0.25) is 9.59 Å². The lowest BCUT2D eigenvalue weighted by Crippen LogP contribution is -2.33. The van der Waals surface area contributed by atoms with Gasteiger partial charge in [-0.05, 0) is 37.5 Å². The van der Waals surface area contributed by atoms with Crippen LogP contribution >= 0.6 is 0 Å². The van der Waals surface area contributed by atoms with Gasteiger partial charge in [0.25, 0.3) is 5.56 Å². The fourth-order valence-corrected chi connectivity index (χ4v) is 3.84. The predicted molar refractivity (Wildman–Crippen MR) is 107 cm³/mol. The predicted octanol–water partition coefficient (Wildman–Crippen LogP) is 4.56. The SMILES string of the molecule is O=c1[nH]c(-c2cccc(C(F)(F)F)c2)c(N2CCCCC2)c(=O)c2ccccc12. The van der Waals surface area contributed by atoms with E-state index >= 15 is 0 Å². The second kappa shape index (κ2) is 7.39. The van der Waals surface area contributed by atoms with Crippen molar-refractivity contribution in [2.24, 2.45) is 0 Å². The minimum Gasteiger partial charge on any atom is -0.367 e. The third kappa shape index (κ3) is 3.64. The fourth-order valence-electron chi connectivity index (χ4n) is 3.84. The van der Waals surface area contributed by atoms with Gasteiger partial charge in [-0.25, -0.2) is 0 Å². The molecule has 0 bridgehead atoms. The summed E-state index contributed by atoms with van der Waals surface area (Å²) < 4.78 is 39.8. The molecule has 29 heavy (non-hydrogen) atoms. The van der Waals surface area contributed by atoms with Crippen LogP contribution in [0.1, 0.15) is 24.8 Å². The Morgan fingerprint density at radius 1 is 0.862 bits per heavy atom. The summed E-state index contributed by atoms with van der Waals surface area (Å²) in [6.45, 7) is 1.23. The van der Waals surface area contributed by atoms with Crippen LogP contribution in [-0.4, -0.2) is 18.1 Å². The van der Waals surface area contributed by atoms with Gasteiger partial charge in [-0.2, -0.15) is 13.2 Å². The monoisotopic (exact) mass is 400 g/mol. The van der Waals surface area contributed by atoms with Gasteiger partial charge in [0, 0.05) is 24.0 Å². The van der Waals surface area contributed by atoms with Crippen LogP contribution in [0, 0.1) is 0 Å². The van der Waals surface area contributed by atoms with Crippen LogP contribution in [-0.2, 0) is 6.18 Å². The van der Waals surface area contributed by atoms with Gasteiger partial charge in [0.05, 0.1) is 16.6 Å². The number of H-pyrrole nitrogens is 1. The zero-order valence-corrected chi connectivity index (χ0v) is 15.6. The van der Waals surface area contributed by atoms with E-state index < -0.39 is 17.3 Å². The number of piperidine rings is 1. The number of benzene rings is 2. The number of aromatic nitrogens is 1. The Morgan fingerprint density at radius 2 is 1.55 bits per heavy atom. The highest BCUT2D eigenvalue weighted by atomic mass is 19.4. The number of anilines is 1. The van der Waals surface area contributed by atoms with E-state index in [0.717, 1.165) is 31.4 Å². The molecule has 4 rings (SSSR count). The van der Waals surface area contributed by atoms with E-state index in [1.165, 1.54) is 12.1 Å². The number of halogens is 3. The molecule has 1 saturated heterocycles. The molecule has 2 heterocycles. The first kappa shape index (κ1) is 19.2. The van der Waals surface area contributed by atoms with Gasteiger partial charge in [0.2, 0.25) is 5.43 Å². The summed E-state index contributed by atoms with van der Waals surface area (Å²) in [5.41, 5.74) is -1.15. The van der Waals surface area contributed by atoms with Crippen molar-refractivity contribution in [2.75, 3.05) is 18.0 Å². The maximum atomic E-state index is 13.4. The molecule has 0 unspecified atom stereocenters. The smallest absolute Gasteiger partial charge is 0.367 e. The van der Waals surface area contributed by atoms with Gasteiger partial charge in [-0.15, -0.1) is 0 Å². The van der Waals surface area contributed by atoms with Crippen LogP contribution in [0.2, 0.25) is 0 Å². The molecule has 1 N–H and O–H groups in total. The number of fused-ring (bicyclic) bond motifs is 1. The molecular weight excluding hydrogens is 381 g/mol. The molecule has 0 saturated carbocycles. The number of hydrogen-bond donors (Lipinski definition) is 1. The lowest BCUT2D eigenvalue weighted by molar-refractivity contribution is -0.137. The first-order valence-corrected chi connectivity index (χ1v) is 9.48. The number of hydrogen-bond acceptors (Lipinski definition) is 3. The molecule has 4 nitrogen and oxygen atoms in total. The van der Waals surface area contributed by atoms with Crippen molar-refractivity contribution in [2.45, 2.75) is 25.4 Å². The molecule has 7 heteroatoms. The molecule has 1 aliphatic heterocycles. The average molecular weight is 400 g/mol. The first-order valence-electron chi connectivity index (χ1n) is 9.48. The number of nitrogens with zero attached hydrogens (tertiary/aromatic N) is 1. The molecule has 0 aliphatic carbocycles. The zero-order valence-electron chi connectivity index (χ0n) is 15.6. The van der Waals surface area contributed by atoms with E-state index in [4.69, 9.17) is 0 Å². The molecule has 2 aromatic carbocycles. The average Bonchev–Trinajstić information content (AvgIpc) is 2.83. The molecule has 0 amide bonds.